The van der Waals surface area contributed by atoms with Gasteiger partial charge in [0.25, 0.3) is 0 Å². The fourth-order valence-corrected chi connectivity index (χ4v) is 2.04. The van der Waals surface area contributed by atoms with E-state index in [-0.39, 0.29) is 17.7 Å². The first kappa shape index (κ1) is 14.2. The molecule has 98 valence electrons. The molecule has 4 nitrogen and oxygen atoms in total. The minimum Gasteiger partial charge on any atom is -0.465 e. The Morgan fingerprint density at radius 1 is 1.29 bits per heavy atom. The number of rotatable bonds is 5. The predicted octanol–water partition coefficient (Wildman–Crippen LogP) is 1.96. The van der Waals surface area contributed by atoms with E-state index in [1.54, 1.807) is 6.92 Å². The molecule has 0 aromatic carbocycles. The standard InChI is InChI=1S/C13H22O4/c1-4-11(14)13(5-7-16-8-6-13)12(15)17-9-10(2)3/h10H,4-9H2,1-3H3. The van der Waals surface area contributed by atoms with Gasteiger partial charge in [-0.15, -0.1) is 0 Å². The molecule has 0 amide bonds. The Morgan fingerprint density at radius 3 is 2.35 bits per heavy atom. The molecule has 4 heteroatoms. The lowest BCUT2D eigenvalue weighted by Gasteiger charge is -2.33. The molecule has 1 aliphatic heterocycles. The highest BCUT2D eigenvalue weighted by molar-refractivity contribution is 6.03. The maximum absolute atomic E-state index is 12.1. The zero-order chi connectivity index (χ0) is 12.9. The average molecular weight is 242 g/mol. The lowest BCUT2D eigenvalue weighted by atomic mass is 9.75. The highest BCUT2D eigenvalue weighted by Gasteiger charge is 2.47. The van der Waals surface area contributed by atoms with Crippen LogP contribution in [0.15, 0.2) is 0 Å². The number of Topliss-reactive ketones (excluding diaryl/α,β-unsaturated/α-hetero) is 1. The van der Waals surface area contributed by atoms with Gasteiger partial charge in [-0.05, 0) is 18.8 Å². The van der Waals surface area contributed by atoms with Crippen LogP contribution < -0.4 is 0 Å². The Bertz CT molecular complexity index is 277. The Labute approximate surface area is 103 Å². The molecule has 0 N–H and O–H groups in total. The van der Waals surface area contributed by atoms with E-state index in [9.17, 15) is 9.59 Å². The van der Waals surface area contributed by atoms with Crippen molar-refractivity contribution in [3.63, 3.8) is 0 Å². The topological polar surface area (TPSA) is 52.6 Å². The van der Waals surface area contributed by atoms with Gasteiger partial charge in [-0.1, -0.05) is 20.8 Å². The van der Waals surface area contributed by atoms with Gasteiger partial charge in [0.2, 0.25) is 0 Å². The zero-order valence-corrected chi connectivity index (χ0v) is 11.0. The highest BCUT2D eigenvalue weighted by Crippen LogP contribution is 2.34. The maximum atomic E-state index is 12.1. The molecule has 0 aromatic heterocycles. The van der Waals surface area contributed by atoms with Gasteiger partial charge in [0.1, 0.15) is 11.2 Å². The van der Waals surface area contributed by atoms with Crippen molar-refractivity contribution >= 4 is 11.8 Å². The van der Waals surface area contributed by atoms with Crippen molar-refractivity contribution in [2.45, 2.75) is 40.0 Å². The Hall–Kier alpha value is -0.900. The minimum atomic E-state index is -0.943. The summed E-state index contributed by atoms with van der Waals surface area (Å²) in [5, 5.41) is 0. The van der Waals surface area contributed by atoms with Gasteiger partial charge in [-0.3, -0.25) is 9.59 Å². The summed E-state index contributed by atoms with van der Waals surface area (Å²) in [6.07, 6.45) is 1.28. The zero-order valence-electron chi connectivity index (χ0n) is 11.0. The van der Waals surface area contributed by atoms with Gasteiger partial charge in [0.05, 0.1) is 6.61 Å². The molecule has 1 heterocycles. The second-order valence-corrected chi connectivity index (χ2v) is 4.96. The quantitative estimate of drug-likeness (QED) is 0.546. The summed E-state index contributed by atoms with van der Waals surface area (Å²) in [5.74, 6) is -0.0940. The van der Waals surface area contributed by atoms with E-state index in [1.807, 2.05) is 13.8 Å². The summed E-state index contributed by atoms with van der Waals surface area (Å²) in [7, 11) is 0. The van der Waals surface area contributed by atoms with E-state index in [1.165, 1.54) is 0 Å². The van der Waals surface area contributed by atoms with Gasteiger partial charge < -0.3 is 9.47 Å². The van der Waals surface area contributed by atoms with Crippen molar-refractivity contribution < 1.29 is 19.1 Å². The second-order valence-electron chi connectivity index (χ2n) is 4.96. The largest absolute Gasteiger partial charge is 0.465 e. The van der Waals surface area contributed by atoms with Crippen molar-refractivity contribution in [3.05, 3.63) is 0 Å². The van der Waals surface area contributed by atoms with E-state index < -0.39 is 5.41 Å². The van der Waals surface area contributed by atoms with Crippen molar-refractivity contribution in [2.24, 2.45) is 11.3 Å². The van der Waals surface area contributed by atoms with Crippen molar-refractivity contribution in [2.75, 3.05) is 19.8 Å². The monoisotopic (exact) mass is 242 g/mol. The number of carbonyl (C=O) groups excluding carboxylic acids is 2. The number of hydrogen-bond acceptors (Lipinski definition) is 4. The SMILES string of the molecule is CCC(=O)C1(C(=O)OCC(C)C)CCOCC1. The van der Waals surface area contributed by atoms with E-state index >= 15 is 0 Å². The van der Waals surface area contributed by atoms with Crippen LogP contribution in [0.25, 0.3) is 0 Å². The summed E-state index contributed by atoms with van der Waals surface area (Å²) in [4.78, 5) is 24.1. The molecule has 0 aromatic rings. The third-order valence-electron chi connectivity index (χ3n) is 3.14. The van der Waals surface area contributed by atoms with Gasteiger partial charge in [-0.25, -0.2) is 0 Å². The highest BCUT2D eigenvalue weighted by atomic mass is 16.5. The van der Waals surface area contributed by atoms with Crippen LogP contribution >= 0.6 is 0 Å². The van der Waals surface area contributed by atoms with Crippen LogP contribution in [0, 0.1) is 11.3 Å². The van der Waals surface area contributed by atoms with Crippen molar-refractivity contribution in [1.29, 1.82) is 0 Å². The second kappa shape index (κ2) is 6.15. The van der Waals surface area contributed by atoms with Crippen LogP contribution in [0.4, 0.5) is 0 Å². The van der Waals surface area contributed by atoms with E-state index in [4.69, 9.17) is 9.47 Å². The number of hydrogen-bond donors (Lipinski definition) is 0. The third-order valence-corrected chi connectivity index (χ3v) is 3.14. The predicted molar refractivity (Wildman–Crippen MR) is 63.6 cm³/mol. The summed E-state index contributed by atoms with van der Waals surface area (Å²) in [6, 6.07) is 0. The number of esters is 1. The molecule has 1 fully saturated rings. The van der Waals surface area contributed by atoms with Crippen LogP contribution in [0.5, 0.6) is 0 Å². The molecule has 0 saturated carbocycles. The smallest absolute Gasteiger partial charge is 0.319 e. The molecule has 0 radical (unpaired) electrons. The number of ketones is 1. The minimum absolute atomic E-state index is 0.0189. The molecule has 0 atom stereocenters. The summed E-state index contributed by atoms with van der Waals surface area (Å²) in [5.41, 5.74) is -0.943. The van der Waals surface area contributed by atoms with Crippen LogP contribution in [0.3, 0.4) is 0 Å². The fraction of sp³-hybridized carbons (Fsp3) is 0.846. The van der Waals surface area contributed by atoms with E-state index in [0.29, 0.717) is 39.1 Å². The Morgan fingerprint density at radius 2 is 1.88 bits per heavy atom. The summed E-state index contributed by atoms with van der Waals surface area (Å²) >= 11 is 0. The Balaban J connectivity index is 2.75. The van der Waals surface area contributed by atoms with Crippen LogP contribution in [0.1, 0.15) is 40.0 Å². The van der Waals surface area contributed by atoms with Gasteiger partial charge in [0, 0.05) is 19.6 Å². The lowest BCUT2D eigenvalue weighted by molar-refractivity contribution is -0.167. The van der Waals surface area contributed by atoms with Crippen LogP contribution in [-0.2, 0) is 19.1 Å². The Kier molecular flexibility index (Phi) is 5.12. The molecule has 1 saturated heterocycles. The van der Waals surface area contributed by atoms with E-state index in [0.717, 1.165) is 0 Å². The number of carbonyl (C=O) groups is 2. The van der Waals surface area contributed by atoms with Gasteiger partial charge in [0.15, 0.2) is 0 Å². The van der Waals surface area contributed by atoms with Gasteiger partial charge in [-0.2, -0.15) is 0 Å². The molecular weight excluding hydrogens is 220 g/mol. The van der Waals surface area contributed by atoms with E-state index in [2.05, 4.69) is 0 Å². The molecule has 0 unspecified atom stereocenters. The lowest BCUT2D eigenvalue weighted by Crippen LogP contribution is -2.45. The summed E-state index contributed by atoms with van der Waals surface area (Å²) < 4.78 is 10.5. The molecule has 1 rings (SSSR count). The molecular formula is C13H22O4. The van der Waals surface area contributed by atoms with Crippen LogP contribution in [0.2, 0.25) is 0 Å². The van der Waals surface area contributed by atoms with Crippen LogP contribution in [-0.4, -0.2) is 31.6 Å². The normalized spacial score (nSPS) is 19.1. The molecule has 0 bridgehead atoms. The fourth-order valence-electron chi connectivity index (χ4n) is 2.04. The molecule has 0 aliphatic carbocycles. The summed E-state index contributed by atoms with van der Waals surface area (Å²) in [6.45, 7) is 7.04. The van der Waals surface area contributed by atoms with Gasteiger partial charge >= 0.3 is 5.97 Å². The first-order chi connectivity index (χ1) is 8.03. The first-order valence-electron chi connectivity index (χ1n) is 6.31. The number of ether oxygens (including phenoxy) is 2. The molecule has 1 aliphatic rings. The van der Waals surface area contributed by atoms with Crippen molar-refractivity contribution in [1.82, 2.24) is 0 Å². The first-order valence-corrected chi connectivity index (χ1v) is 6.31. The van der Waals surface area contributed by atoms with Crippen molar-refractivity contribution in [3.8, 4) is 0 Å². The average Bonchev–Trinajstić information content (AvgIpc) is 2.35. The maximum Gasteiger partial charge on any atom is 0.319 e. The molecule has 0 spiro atoms. The molecule has 17 heavy (non-hydrogen) atoms. The third kappa shape index (κ3) is 3.28.